The van der Waals surface area contributed by atoms with Crippen LogP contribution in [0.5, 0.6) is 0 Å². The summed E-state index contributed by atoms with van der Waals surface area (Å²) in [6.07, 6.45) is 4.57. The molecular weight excluding hydrogens is 443 g/mol. The highest BCUT2D eigenvalue weighted by Gasteiger charge is 2.46. The minimum atomic E-state index is -0.0102. The molecule has 0 saturated carbocycles. The molecular formula is C24H22Cl2N6. The van der Waals surface area contributed by atoms with E-state index in [0.717, 1.165) is 43.6 Å². The summed E-state index contributed by atoms with van der Waals surface area (Å²) in [7, 11) is 0. The number of nitrogens with two attached hydrogens (primary N) is 1. The Morgan fingerprint density at radius 3 is 2.66 bits per heavy atom. The van der Waals surface area contributed by atoms with Gasteiger partial charge in [0.25, 0.3) is 0 Å². The lowest BCUT2D eigenvalue weighted by Crippen LogP contribution is -2.45. The van der Waals surface area contributed by atoms with Crippen LogP contribution in [0.15, 0.2) is 36.5 Å². The number of fused-ring (bicyclic) bond motifs is 1. The Kier molecular flexibility index (Phi) is 5.29. The first kappa shape index (κ1) is 21.1. The number of hydrogen-bond donors (Lipinski definition) is 1. The lowest BCUT2D eigenvalue weighted by atomic mass is 9.73. The molecule has 6 nitrogen and oxygen atoms in total. The molecule has 0 unspecified atom stereocenters. The number of piperidine rings is 1. The van der Waals surface area contributed by atoms with Gasteiger partial charge in [-0.25, -0.2) is 9.97 Å². The fraction of sp³-hybridized carbons (Fsp3) is 0.333. The van der Waals surface area contributed by atoms with Crippen LogP contribution in [0.3, 0.4) is 0 Å². The SMILES string of the molecule is Cc1nc(N2CCC3(CC2)Cc2ncccc2[C@H]3N)c(C#N)nc1-c1cccc(Cl)c1Cl. The number of nitriles is 1. The Hall–Kier alpha value is -2.72. The number of pyridine rings is 1. The van der Waals surface area contributed by atoms with Crippen molar-refractivity contribution in [2.24, 2.45) is 11.1 Å². The van der Waals surface area contributed by atoms with Gasteiger partial charge in [0, 0.05) is 36.6 Å². The number of anilines is 1. The van der Waals surface area contributed by atoms with E-state index in [1.165, 1.54) is 0 Å². The van der Waals surface area contributed by atoms with Gasteiger partial charge in [0.1, 0.15) is 6.07 Å². The van der Waals surface area contributed by atoms with Crippen LogP contribution in [0.4, 0.5) is 5.82 Å². The van der Waals surface area contributed by atoms with Gasteiger partial charge in [-0.15, -0.1) is 0 Å². The van der Waals surface area contributed by atoms with Crippen molar-refractivity contribution in [3.63, 3.8) is 0 Å². The maximum atomic E-state index is 9.83. The van der Waals surface area contributed by atoms with Crippen molar-refractivity contribution in [2.45, 2.75) is 32.2 Å². The molecule has 162 valence electrons. The van der Waals surface area contributed by atoms with Crippen LogP contribution in [-0.2, 0) is 6.42 Å². The number of halogens is 2. The molecule has 3 aromatic rings. The first-order valence-corrected chi connectivity index (χ1v) is 11.4. The van der Waals surface area contributed by atoms with Crippen molar-refractivity contribution in [1.29, 1.82) is 5.26 Å². The molecule has 1 aliphatic heterocycles. The van der Waals surface area contributed by atoms with Crippen LogP contribution in [0.2, 0.25) is 10.0 Å². The van der Waals surface area contributed by atoms with E-state index >= 15 is 0 Å². The fourth-order valence-corrected chi connectivity index (χ4v) is 5.44. The van der Waals surface area contributed by atoms with E-state index in [4.69, 9.17) is 33.9 Å². The average molecular weight is 465 g/mol. The summed E-state index contributed by atoms with van der Waals surface area (Å²) in [5, 5.41) is 10.7. The second kappa shape index (κ2) is 8.00. The summed E-state index contributed by atoms with van der Waals surface area (Å²) in [6, 6.07) is 11.6. The molecule has 32 heavy (non-hydrogen) atoms. The summed E-state index contributed by atoms with van der Waals surface area (Å²) in [5.74, 6) is 0.615. The predicted molar refractivity (Wildman–Crippen MR) is 126 cm³/mol. The molecule has 0 amide bonds. The van der Waals surface area contributed by atoms with E-state index in [0.29, 0.717) is 38.5 Å². The van der Waals surface area contributed by atoms with Crippen LogP contribution >= 0.6 is 23.2 Å². The number of hydrogen-bond acceptors (Lipinski definition) is 6. The van der Waals surface area contributed by atoms with Gasteiger partial charge in [-0.1, -0.05) is 41.4 Å². The molecule has 1 fully saturated rings. The third kappa shape index (κ3) is 3.32. The monoisotopic (exact) mass is 464 g/mol. The first-order chi connectivity index (χ1) is 15.4. The standard InChI is InChI=1S/C24H22Cl2N6/c1-14-21(16-4-2-6-17(25)20(16)26)31-19(13-27)23(30-14)32-10-7-24(8-11-32)12-18-15(22(24)28)5-3-9-29-18/h2-6,9,22H,7-8,10-12,28H2,1H3/t22-/m1/s1. The van der Waals surface area contributed by atoms with E-state index in [1.54, 1.807) is 6.07 Å². The Balaban J connectivity index is 1.43. The Morgan fingerprint density at radius 1 is 1.16 bits per heavy atom. The van der Waals surface area contributed by atoms with E-state index in [2.05, 4.69) is 27.0 Å². The zero-order chi connectivity index (χ0) is 22.5. The topological polar surface area (TPSA) is 91.7 Å². The largest absolute Gasteiger partial charge is 0.354 e. The molecule has 2 N–H and O–H groups in total. The van der Waals surface area contributed by atoms with Gasteiger partial charge < -0.3 is 10.6 Å². The Morgan fingerprint density at radius 2 is 1.94 bits per heavy atom. The molecule has 2 aliphatic rings. The van der Waals surface area contributed by atoms with E-state index in [-0.39, 0.29) is 11.5 Å². The van der Waals surface area contributed by atoms with Gasteiger partial charge in [0.05, 0.1) is 21.4 Å². The number of aryl methyl sites for hydroxylation is 1. The third-order valence-electron chi connectivity index (χ3n) is 6.86. The highest BCUT2D eigenvalue weighted by Crippen LogP contribution is 2.50. The van der Waals surface area contributed by atoms with Crippen molar-refractivity contribution in [3.8, 4) is 17.3 Å². The molecule has 5 rings (SSSR count). The second-order valence-corrected chi connectivity index (χ2v) is 9.37. The quantitative estimate of drug-likeness (QED) is 0.581. The van der Waals surface area contributed by atoms with Gasteiger partial charge in [-0.2, -0.15) is 5.26 Å². The zero-order valence-electron chi connectivity index (χ0n) is 17.6. The number of aromatic nitrogens is 3. The number of nitrogens with zero attached hydrogens (tertiary/aromatic N) is 5. The van der Waals surface area contributed by atoms with Crippen LogP contribution in [-0.4, -0.2) is 28.0 Å². The van der Waals surface area contributed by atoms with Crippen LogP contribution < -0.4 is 10.6 Å². The molecule has 1 saturated heterocycles. The van der Waals surface area contributed by atoms with Crippen molar-refractivity contribution in [1.82, 2.24) is 15.0 Å². The van der Waals surface area contributed by atoms with Crippen LogP contribution in [0.25, 0.3) is 11.3 Å². The molecule has 0 radical (unpaired) electrons. The van der Waals surface area contributed by atoms with Gasteiger partial charge in [-0.3, -0.25) is 4.98 Å². The van der Waals surface area contributed by atoms with Crippen molar-refractivity contribution in [3.05, 3.63) is 69.2 Å². The molecule has 8 heteroatoms. The normalized spacial score (nSPS) is 19.1. The summed E-state index contributed by atoms with van der Waals surface area (Å²) in [5.41, 5.74) is 11.2. The minimum absolute atomic E-state index is 0.0102. The molecule has 1 atom stereocenters. The van der Waals surface area contributed by atoms with Gasteiger partial charge in [-0.05, 0) is 49.3 Å². The highest BCUT2D eigenvalue weighted by atomic mass is 35.5. The minimum Gasteiger partial charge on any atom is -0.354 e. The summed E-state index contributed by atoms with van der Waals surface area (Å²) >= 11 is 12.6. The summed E-state index contributed by atoms with van der Waals surface area (Å²) in [6.45, 7) is 3.41. The van der Waals surface area contributed by atoms with Crippen molar-refractivity contribution >= 4 is 29.0 Å². The first-order valence-electron chi connectivity index (χ1n) is 10.6. The highest BCUT2D eigenvalue weighted by molar-refractivity contribution is 6.43. The second-order valence-electron chi connectivity index (χ2n) is 8.59. The van der Waals surface area contributed by atoms with Gasteiger partial charge >= 0.3 is 0 Å². The molecule has 1 aliphatic carbocycles. The van der Waals surface area contributed by atoms with E-state index in [9.17, 15) is 5.26 Å². The maximum Gasteiger partial charge on any atom is 0.183 e. The lowest BCUT2D eigenvalue weighted by molar-refractivity contribution is 0.186. The Labute approximate surface area is 197 Å². The number of benzene rings is 1. The van der Waals surface area contributed by atoms with Crippen LogP contribution in [0.1, 0.15) is 41.5 Å². The summed E-state index contributed by atoms with van der Waals surface area (Å²) < 4.78 is 0. The Bertz CT molecular complexity index is 1240. The van der Waals surface area contributed by atoms with Crippen molar-refractivity contribution in [2.75, 3.05) is 18.0 Å². The smallest absolute Gasteiger partial charge is 0.183 e. The molecule has 1 aromatic carbocycles. The van der Waals surface area contributed by atoms with Gasteiger partial charge in [0.15, 0.2) is 11.5 Å². The zero-order valence-corrected chi connectivity index (χ0v) is 19.2. The van der Waals surface area contributed by atoms with Gasteiger partial charge in [0.2, 0.25) is 0 Å². The number of rotatable bonds is 2. The van der Waals surface area contributed by atoms with Crippen molar-refractivity contribution < 1.29 is 0 Å². The van der Waals surface area contributed by atoms with E-state index in [1.807, 2.05) is 31.3 Å². The molecule has 1 spiro atoms. The molecule has 0 bridgehead atoms. The maximum absolute atomic E-state index is 9.83. The summed E-state index contributed by atoms with van der Waals surface area (Å²) in [4.78, 5) is 16.1. The van der Waals surface area contributed by atoms with E-state index < -0.39 is 0 Å². The molecule has 3 heterocycles. The third-order valence-corrected chi connectivity index (χ3v) is 7.68. The average Bonchev–Trinajstić information content (AvgIpc) is 3.07. The van der Waals surface area contributed by atoms with Crippen LogP contribution in [0, 0.1) is 23.7 Å². The fourth-order valence-electron chi connectivity index (χ4n) is 5.05. The lowest BCUT2D eigenvalue weighted by Gasteiger charge is -2.42. The predicted octanol–water partition coefficient (Wildman–Crippen LogP) is 4.87. The molecule has 2 aromatic heterocycles.